The summed E-state index contributed by atoms with van der Waals surface area (Å²) in [5, 5.41) is 5.51. The van der Waals surface area contributed by atoms with Gasteiger partial charge in [0.1, 0.15) is 0 Å². The minimum atomic E-state index is -3.07. The summed E-state index contributed by atoms with van der Waals surface area (Å²) in [6.07, 6.45) is 0. The van der Waals surface area contributed by atoms with Gasteiger partial charge >= 0.3 is 0 Å². The molecule has 0 spiro atoms. The summed E-state index contributed by atoms with van der Waals surface area (Å²) in [6, 6.07) is 7.74. The fraction of sp³-hybridized carbons (Fsp3) is 0.765. The molecular weight excluding hydrogens is 679 g/mol. The van der Waals surface area contributed by atoms with E-state index in [0.717, 1.165) is 0 Å². The molecular formula is C34H63N8O2P2S2+. The number of carbonyl (C=O) groups excluding carboxylic acids is 2. The second kappa shape index (κ2) is 15.6. The highest BCUT2D eigenvalue weighted by Crippen LogP contribution is 2.68. The number of para-hydroxylation sites is 1. The summed E-state index contributed by atoms with van der Waals surface area (Å²) in [4.78, 5) is 31.3. The molecule has 14 heteroatoms. The molecule has 2 atom stereocenters. The van der Waals surface area contributed by atoms with E-state index >= 15 is 0 Å². The van der Waals surface area contributed by atoms with Gasteiger partial charge in [0.2, 0.25) is 0 Å². The lowest BCUT2D eigenvalue weighted by Gasteiger charge is -2.48. The molecule has 48 heavy (non-hydrogen) atoms. The normalized spacial score (nSPS) is 19.7. The molecule has 1 aromatic rings. The van der Waals surface area contributed by atoms with Crippen molar-refractivity contribution in [3.8, 4) is 0 Å². The Morgan fingerprint density at radius 1 is 0.604 bits per heavy atom. The van der Waals surface area contributed by atoms with Crippen LogP contribution in [0.1, 0.15) is 111 Å². The summed E-state index contributed by atoms with van der Waals surface area (Å²) in [6.45, 7) is 28.4. The molecule has 3 rings (SSSR count). The number of fused-ring (bicyclic) bond motifs is 1. The maximum atomic E-state index is 15.0. The first-order valence-corrected chi connectivity index (χ1v) is 23.0. The minimum absolute atomic E-state index is 0.0460. The predicted molar refractivity (Wildman–Crippen MR) is 208 cm³/mol. The van der Waals surface area contributed by atoms with Crippen molar-refractivity contribution in [2.45, 2.75) is 171 Å². The van der Waals surface area contributed by atoms with Crippen LogP contribution < -0.4 is 4.90 Å². The van der Waals surface area contributed by atoms with Crippen LogP contribution in [0.25, 0.3) is 0 Å². The van der Waals surface area contributed by atoms with Crippen LogP contribution in [-0.4, -0.2) is 100 Å². The zero-order chi connectivity index (χ0) is 36.8. The van der Waals surface area contributed by atoms with Gasteiger partial charge in [-0.15, -0.1) is 0 Å². The third-order valence-corrected chi connectivity index (χ3v) is 20.0. The van der Waals surface area contributed by atoms with Crippen LogP contribution in [0.4, 0.5) is 5.69 Å². The topological polar surface area (TPSA) is 69.0 Å². The molecule has 0 aromatic heterocycles. The van der Waals surface area contributed by atoms with E-state index in [9.17, 15) is 9.59 Å². The molecule has 1 aromatic carbocycles. The maximum Gasteiger partial charge on any atom is 0.286 e. The molecule has 2 heterocycles. The number of amides is 2. The Labute approximate surface area is 302 Å². The van der Waals surface area contributed by atoms with Crippen LogP contribution >= 0.6 is 13.0 Å². The fourth-order valence-corrected chi connectivity index (χ4v) is 21.0. The monoisotopic (exact) mass is 741 g/mol. The number of rotatable bonds is 15. The van der Waals surface area contributed by atoms with E-state index in [-0.39, 0.29) is 60.1 Å². The van der Waals surface area contributed by atoms with Crippen molar-refractivity contribution in [2.75, 3.05) is 4.90 Å². The highest BCUT2D eigenvalue weighted by Gasteiger charge is 2.71. The molecule has 1 saturated heterocycles. The molecule has 10 nitrogen and oxygen atoms in total. The fourth-order valence-electron chi connectivity index (χ4n) is 8.01. The zero-order valence-corrected chi connectivity index (χ0v) is 35.7. The third-order valence-electron chi connectivity index (χ3n) is 8.91. The van der Waals surface area contributed by atoms with Crippen molar-refractivity contribution in [1.82, 2.24) is 23.5 Å². The Kier molecular flexibility index (Phi) is 13.5. The number of nitrogens with zero attached hydrogens (tertiary/aromatic N) is 8. The van der Waals surface area contributed by atoms with Crippen LogP contribution in [0, 0.1) is 0 Å². The number of imide groups is 1. The standard InChI is InChI=1S/C34H63N8O2P2S2/c1-22(2)37(23(3)4)45(47,38(24(5)6)25(7)8)41-31-32(34(44)36(33(31)43)30-20-18-17-19-21-30)42(35-41)46(48,39(26(9)10)27(11)12)40(28(13)14)29(15)16/h17-29,31-32H,1-16H3/q+1/t31-,32+. The van der Waals surface area contributed by atoms with Gasteiger partial charge in [0.25, 0.3) is 36.9 Å². The van der Waals surface area contributed by atoms with E-state index in [0.29, 0.717) is 5.69 Å². The van der Waals surface area contributed by atoms with E-state index in [1.54, 1.807) is 0 Å². The lowest BCUT2D eigenvalue weighted by molar-refractivity contribution is -0.468. The van der Waals surface area contributed by atoms with Gasteiger partial charge in [-0.25, -0.2) is 23.6 Å². The summed E-state index contributed by atoms with van der Waals surface area (Å²) in [7, 11) is 0. The SMILES string of the molecule is CC(C)N(C(C)C)P(=S)(N(C(C)C)C(C)C)N1N=[N+](P(=S)(N(C(C)C)C(C)C)N(C(C)C)C(C)C)[C@@H]2C(=O)N(c3ccccc3)C(=O)[C@@H]21. The summed E-state index contributed by atoms with van der Waals surface area (Å²) >= 11 is 14.1. The highest BCUT2D eigenvalue weighted by atomic mass is 32.5. The lowest BCUT2D eigenvalue weighted by atomic mass is 10.2. The Morgan fingerprint density at radius 2 is 0.958 bits per heavy atom. The summed E-state index contributed by atoms with van der Waals surface area (Å²) in [5.41, 5.74) is 0.548. The smallest absolute Gasteiger partial charge is 0.269 e. The molecule has 0 aliphatic carbocycles. The van der Waals surface area contributed by atoms with E-state index in [2.05, 4.69) is 129 Å². The van der Waals surface area contributed by atoms with Crippen LogP contribution in [-0.2, 0) is 33.2 Å². The molecule has 0 radical (unpaired) electrons. The largest absolute Gasteiger partial charge is 0.286 e. The van der Waals surface area contributed by atoms with E-state index in [4.69, 9.17) is 28.8 Å². The van der Waals surface area contributed by atoms with Crippen LogP contribution in [0.15, 0.2) is 35.6 Å². The van der Waals surface area contributed by atoms with Gasteiger partial charge in [-0.2, -0.15) is 0 Å². The molecule has 0 N–H and O–H groups in total. The first kappa shape index (κ1) is 41.3. The second-order valence-corrected chi connectivity index (χ2v) is 22.9. The van der Waals surface area contributed by atoms with Gasteiger partial charge in [-0.05, 0) is 147 Å². The van der Waals surface area contributed by atoms with Crippen molar-refractivity contribution in [2.24, 2.45) is 5.22 Å². The minimum Gasteiger partial charge on any atom is -0.269 e. The average Bonchev–Trinajstić information content (AvgIpc) is 3.44. The Bertz CT molecular complexity index is 1350. The van der Waals surface area contributed by atoms with E-state index < -0.39 is 25.1 Å². The lowest BCUT2D eigenvalue weighted by Crippen LogP contribution is -2.53. The Morgan fingerprint density at radius 3 is 1.29 bits per heavy atom. The van der Waals surface area contributed by atoms with Gasteiger partial charge in [0, 0.05) is 48.3 Å². The van der Waals surface area contributed by atoms with Gasteiger partial charge in [-0.3, -0.25) is 9.59 Å². The second-order valence-electron chi connectivity index (χ2n) is 15.3. The van der Waals surface area contributed by atoms with Gasteiger partial charge in [0.15, 0.2) is 0 Å². The molecule has 1 fully saturated rings. The quantitative estimate of drug-likeness (QED) is 0.132. The Balaban J connectivity index is 2.60. The number of carbonyl (C=O) groups is 2. The van der Waals surface area contributed by atoms with Gasteiger partial charge < -0.3 is 0 Å². The van der Waals surface area contributed by atoms with Gasteiger partial charge in [-0.1, -0.05) is 27.4 Å². The summed E-state index contributed by atoms with van der Waals surface area (Å²) < 4.78 is 13.3. The predicted octanol–water partition coefficient (Wildman–Crippen LogP) is 7.92. The molecule has 0 bridgehead atoms. The highest BCUT2D eigenvalue weighted by molar-refractivity contribution is 8.11. The zero-order valence-electron chi connectivity index (χ0n) is 32.3. The molecule has 272 valence electrons. The summed E-state index contributed by atoms with van der Waals surface area (Å²) in [5.74, 6) is -0.612. The molecule has 0 saturated carbocycles. The van der Waals surface area contributed by atoms with Crippen molar-refractivity contribution in [3.63, 3.8) is 0 Å². The average molecular weight is 742 g/mol. The van der Waals surface area contributed by atoms with Crippen molar-refractivity contribution < 1.29 is 14.1 Å². The maximum absolute atomic E-state index is 15.0. The van der Waals surface area contributed by atoms with E-state index in [1.807, 2.05) is 39.6 Å². The Hall–Kier alpha value is -1.10. The van der Waals surface area contributed by atoms with Crippen LogP contribution in [0.3, 0.4) is 0 Å². The number of anilines is 1. The van der Waals surface area contributed by atoms with Crippen molar-refractivity contribution >= 4 is 54.1 Å². The third kappa shape index (κ3) is 7.04. The molecule has 2 aliphatic heterocycles. The van der Waals surface area contributed by atoms with Crippen LogP contribution in [0.2, 0.25) is 0 Å². The molecule has 2 amide bonds. The first-order valence-electron chi connectivity index (χ1n) is 17.7. The molecule has 0 unspecified atom stereocenters. The number of benzene rings is 1. The van der Waals surface area contributed by atoms with Gasteiger partial charge in [0.05, 0.1) is 10.9 Å². The van der Waals surface area contributed by atoms with Crippen LogP contribution in [0.5, 0.6) is 0 Å². The van der Waals surface area contributed by atoms with Crippen molar-refractivity contribution in [1.29, 1.82) is 0 Å². The number of hydrogen-bond donors (Lipinski definition) is 0. The van der Waals surface area contributed by atoms with E-state index in [1.165, 1.54) is 4.90 Å². The van der Waals surface area contributed by atoms with Crippen molar-refractivity contribution in [3.05, 3.63) is 30.3 Å². The number of hydrogen-bond acceptors (Lipinski definition) is 5. The molecule has 2 aliphatic rings. The first-order chi connectivity index (χ1) is 22.1.